The Hall–Kier alpha value is -0.900. The van der Waals surface area contributed by atoms with Gasteiger partial charge in [-0.1, -0.05) is 49.6 Å². The van der Waals surface area contributed by atoms with Crippen molar-refractivity contribution >= 4 is 0 Å². The van der Waals surface area contributed by atoms with Gasteiger partial charge in [0.05, 0.1) is 0 Å². The zero-order chi connectivity index (χ0) is 12.7. The molecule has 0 unspecified atom stereocenters. The summed E-state index contributed by atoms with van der Waals surface area (Å²) in [5.41, 5.74) is 7.67. The number of hydrogen-bond donors (Lipinski definition) is 2. The van der Waals surface area contributed by atoms with Gasteiger partial charge in [-0.25, -0.2) is 0 Å². The normalized spacial score (nSPS) is 18.4. The summed E-state index contributed by atoms with van der Waals surface area (Å²) in [6.45, 7) is 0. The average molecular weight is 235 g/mol. The smallest absolute Gasteiger partial charge is 0.0409 e. The van der Waals surface area contributed by atoms with E-state index in [-0.39, 0.29) is 5.54 Å². The summed E-state index contributed by atoms with van der Waals surface area (Å²) in [7, 11) is 3.56. The minimum absolute atomic E-state index is 0.0283. The fraction of sp³-hybridized carbons (Fsp3) is 0.571. The second-order valence-electron chi connectivity index (χ2n) is 5.05. The molecule has 0 atom stereocenters. The summed E-state index contributed by atoms with van der Waals surface area (Å²) < 4.78 is 0. The Morgan fingerprint density at radius 2 is 1.47 bits per heavy atom. The van der Waals surface area contributed by atoms with E-state index in [2.05, 4.69) is 30.3 Å². The molecule has 0 aromatic heterocycles. The van der Waals surface area contributed by atoms with E-state index in [4.69, 9.17) is 11.6 Å². The lowest BCUT2D eigenvalue weighted by Crippen LogP contribution is -2.38. The van der Waals surface area contributed by atoms with Crippen LogP contribution in [-0.4, -0.2) is 19.1 Å². The van der Waals surface area contributed by atoms with Crippen molar-refractivity contribution in [3.63, 3.8) is 0 Å². The van der Waals surface area contributed by atoms with Crippen LogP contribution in [0.3, 0.4) is 0 Å². The van der Waals surface area contributed by atoms with Gasteiger partial charge in [0.25, 0.3) is 0 Å². The van der Waals surface area contributed by atoms with Crippen molar-refractivity contribution in [1.82, 2.24) is 5.01 Å². The maximum atomic E-state index is 6.38. The van der Waals surface area contributed by atoms with Crippen molar-refractivity contribution in [2.75, 3.05) is 14.1 Å². The van der Waals surface area contributed by atoms with Gasteiger partial charge in [0.2, 0.25) is 0 Å². The van der Waals surface area contributed by atoms with E-state index >= 15 is 0 Å². The molecule has 17 heavy (non-hydrogen) atoms. The van der Waals surface area contributed by atoms with Gasteiger partial charge >= 0.3 is 0 Å². The van der Waals surface area contributed by atoms with Crippen LogP contribution in [0.4, 0.5) is 0 Å². The van der Waals surface area contributed by atoms with Crippen LogP contribution in [0.5, 0.6) is 0 Å². The highest BCUT2D eigenvalue weighted by molar-refractivity contribution is 5.24. The van der Waals surface area contributed by atoms with Crippen LogP contribution in [0.15, 0.2) is 30.3 Å². The van der Waals surface area contributed by atoms with Gasteiger partial charge in [0, 0.05) is 19.6 Å². The average Bonchev–Trinajstić information content (AvgIpc) is 2.30. The molecular formula is C14H25N3. The van der Waals surface area contributed by atoms with E-state index < -0.39 is 0 Å². The summed E-state index contributed by atoms with van der Waals surface area (Å²) in [4.78, 5) is 0. The number of rotatable bonds is 1. The second kappa shape index (κ2) is 6.74. The van der Waals surface area contributed by atoms with Crippen LogP contribution >= 0.6 is 0 Å². The Bertz CT molecular complexity index is 300. The Morgan fingerprint density at radius 1 is 1.00 bits per heavy atom. The van der Waals surface area contributed by atoms with Gasteiger partial charge in [-0.2, -0.15) is 0 Å². The van der Waals surface area contributed by atoms with Crippen molar-refractivity contribution in [2.24, 2.45) is 11.6 Å². The van der Waals surface area contributed by atoms with E-state index in [1.54, 1.807) is 14.1 Å². The Kier molecular flexibility index (Phi) is 5.62. The van der Waals surface area contributed by atoms with E-state index in [1.807, 2.05) is 0 Å². The van der Waals surface area contributed by atoms with E-state index in [9.17, 15) is 0 Å². The first-order chi connectivity index (χ1) is 8.04. The molecule has 1 aliphatic carbocycles. The molecule has 0 heterocycles. The fourth-order valence-electron chi connectivity index (χ4n) is 2.24. The molecule has 1 aromatic carbocycles. The molecule has 4 N–H and O–H groups in total. The summed E-state index contributed by atoms with van der Waals surface area (Å²) in [6.07, 6.45) is 6.22. The van der Waals surface area contributed by atoms with Crippen LogP contribution in [0.1, 0.15) is 37.7 Å². The maximum absolute atomic E-state index is 6.38. The van der Waals surface area contributed by atoms with Crippen molar-refractivity contribution in [2.45, 2.75) is 37.6 Å². The molecule has 1 saturated carbocycles. The fourth-order valence-corrected chi connectivity index (χ4v) is 2.24. The lowest BCUT2D eigenvalue weighted by Gasteiger charge is -2.33. The van der Waals surface area contributed by atoms with Gasteiger partial charge in [0.15, 0.2) is 0 Å². The molecule has 3 nitrogen and oxygen atoms in total. The van der Waals surface area contributed by atoms with Gasteiger partial charge < -0.3 is 5.73 Å². The van der Waals surface area contributed by atoms with Crippen LogP contribution in [0.25, 0.3) is 0 Å². The maximum Gasteiger partial charge on any atom is 0.0409 e. The Balaban J connectivity index is 0.000000317. The molecule has 0 spiro atoms. The summed E-state index contributed by atoms with van der Waals surface area (Å²) in [6, 6.07) is 10.5. The lowest BCUT2D eigenvalue weighted by atomic mass is 9.77. The SMILES string of the molecule is CN(C)N.NC1(c2ccccc2)CCCCC1. The second-order valence-corrected chi connectivity index (χ2v) is 5.05. The number of hydrogen-bond acceptors (Lipinski definition) is 3. The van der Waals surface area contributed by atoms with Gasteiger partial charge in [0.1, 0.15) is 0 Å². The number of nitrogens with two attached hydrogens (primary N) is 2. The highest BCUT2D eigenvalue weighted by atomic mass is 15.4. The van der Waals surface area contributed by atoms with Crippen LogP contribution < -0.4 is 11.6 Å². The monoisotopic (exact) mass is 235 g/mol. The Labute approximate surface area is 105 Å². The van der Waals surface area contributed by atoms with Crippen molar-refractivity contribution in [3.8, 4) is 0 Å². The molecule has 0 aliphatic heterocycles. The minimum atomic E-state index is -0.0283. The third-order valence-corrected chi connectivity index (χ3v) is 3.09. The Morgan fingerprint density at radius 3 is 1.94 bits per heavy atom. The molecule has 0 radical (unpaired) electrons. The largest absolute Gasteiger partial charge is 0.321 e. The first-order valence-electron chi connectivity index (χ1n) is 6.31. The molecule has 1 aromatic rings. The van der Waals surface area contributed by atoms with Crippen molar-refractivity contribution in [3.05, 3.63) is 35.9 Å². The minimum Gasteiger partial charge on any atom is -0.321 e. The van der Waals surface area contributed by atoms with Crippen molar-refractivity contribution < 1.29 is 0 Å². The number of hydrazine groups is 1. The van der Waals surface area contributed by atoms with Crippen LogP contribution in [-0.2, 0) is 5.54 Å². The van der Waals surface area contributed by atoms with E-state index in [1.165, 1.54) is 29.8 Å². The molecule has 1 aliphatic rings. The number of nitrogens with zero attached hydrogens (tertiary/aromatic N) is 1. The highest BCUT2D eigenvalue weighted by Gasteiger charge is 2.28. The topological polar surface area (TPSA) is 55.3 Å². The number of benzene rings is 1. The highest BCUT2D eigenvalue weighted by Crippen LogP contribution is 2.34. The summed E-state index contributed by atoms with van der Waals surface area (Å²) in [5.74, 6) is 4.94. The van der Waals surface area contributed by atoms with Crippen molar-refractivity contribution in [1.29, 1.82) is 0 Å². The molecule has 96 valence electrons. The quantitative estimate of drug-likeness (QED) is 0.580. The first-order valence-corrected chi connectivity index (χ1v) is 6.31. The van der Waals surface area contributed by atoms with Gasteiger partial charge in [-0.05, 0) is 18.4 Å². The molecule has 1 fully saturated rings. The zero-order valence-corrected chi connectivity index (χ0v) is 11.0. The third kappa shape index (κ3) is 4.86. The predicted molar refractivity (Wildman–Crippen MR) is 73.3 cm³/mol. The van der Waals surface area contributed by atoms with Gasteiger partial charge in [-0.3, -0.25) is 10.9 Å². The molecule has 2 rings (SSSR count). The zero-order valence-electron chi connectivity index (χ0n) is 11.0. The molecular weight excluding hydrogens is 210 g/mol. The molecule has 0 saturated heterocycles. The van der Waals surface area contributed by atoms with Crippen LogP contribution in [0, 0.1) is 0 Å². The lowest BCUT2D eigenvalue weighted by molar-refractivity contribution is 0.302. The first kappa shape index (κ1) is 14.2. The standard InChI is InChI=1S/C12H17N.C2H8N2/c13-12(9-5-2-6-10-12)11-7-3-1-4-8-11;1-4(2)3/h1,3-4,7-8H,2,5-6,9-10,13H2;3H2,1-2H3. The summed E-state index contributed by atoms with van der Waals surface area (Å²) >= 11 is 0. The third-order valence-electron chi connectivity index (χ3n) is 3.09. The molecule has 3 heteroatoms. The molecule has 0 bridgehead atoms. The van der Waals surface area contributed by atoms with Crippen LogP contribution in [0.2, 0.25) is 0 Å². The van der Waals surface area contributed by atoms with Gasteiger partial charge in [-0.15, -0.1) is 0 Å². The van der Waals surface area contributed by atoms with E-state index in [0.717, 1.165) is 12.8 Å². The van der Waals surface area contributed by atoms with E-state index in [0.29, 0.717) is 0 Å². The summed E-state index contributed by atoms with van der Waals surface area (Å²) in [5, 5.41) is 1.50. The predicted octanol–water partition coefficient (Wildman–Crippen LogP) is 2.23. The molecule has 0 amide bonds.